The molecule has 1 unspecified atom stereocenters. The van der Waals surface area contributed by atoms with Gasteiger partial charge in [-0.2, -0.15) is 0 Å². The number of hydrogen-bond acceptors (Lipinski definition) is 5. The standard InChI is InChI=1S/C24H20F2N4OS/c1-30-12-16-8-7-14(15-4-3-9-27-11-15)10-17(16)22-20(13-30)28-24(32-22)29-23(31)21-18(25)5-2-6-19(21)26/h2-9,11,17H,10,12-13H2,1H3,(H,28,29,31). The van der Waals surface area contributed by atoms with Crippen molar-refractivity contribution in [2.45, 2.75) is 18.9 Å². The largest absolute Gasteiger partial charge is 0.298 e. The molecule has 2 aliphatic rings. The average molecular weight is 451 g/mol. The number of carbonyl (C=O) groups excluding carboxylic acids is 1. The Bertz CT molecular complexity index is 1230. The number of fused-ring (bicyclic) bond motifs is 3. The van der Waals surface area contributed by atoms with Crippen molar-refractivity contribution in [1.29, 1.82) is 0 Å². The van der Waals surface area contributed by atoms with Gasteiger partial charge in [0.1, 0.15) is 17.2 Å². The fraction of sp³-hybridized carbons (Fsp3) is 0.208. The molecule has 1 atom stereocenters. The van der Waals surface area contributed by atoms with Gasteiger partial charge in [-0.1, -0.05) is 24.3 Å². The molecule has 1 aliphatic heterocycles. The van der Waals surface area contributed by atoms with Gasteiger partial charge < -0.3 is 0 Å². The molecule has 0 bridgehead atoms. The van der Waals surface area contributed by atoms with Gasteiger partial charge in [-0.15, -0.1) is 11.3 Å². The van der Waals surface area contributed by atoms with Crippen molar-refractivity contribution in [2.75, 3.05) is 18.9 Å². The lowest BCUT2D eigenvalue weighted by atomic mass is 9.83. The highest BCUT2D eigenvalue weighted by atomic mass is 32.1. The van der Waals surface area contributed by atoms with E-state index >= 15 is 0 Å². The van der Waals surface area contributed by atoms with Gasteiger partial charge >= 0.3 is 0 Å². The molecule has 8 heteroatoms. The average Bonchev–Trinajstić information content (AvgIpc) is 3.10. The van der Waals surface area contributed by atoms with Gasteiger partial charge in [-0.05, 0) is 48.4 Å². The molecular formula is C24H20F2N4OS. The third kappa shape index (κ3) is 3.87. The Balaban J connectivity index is 1.46. The summed E-state index contributed by atoms with van der Waals surface area (Å²) in [6.07, 6.45) is 8.72. The van der Waals surface area contributed by atoms with E-state index in [-0.39, 0.29) is 5.92 Å². The third-order valence-electron chi connectivity index (χ3n) is 5.73. The maximum atomic E-state index is 14.0. The first-order valence-electron chi connectivity index (χ1n) is 10.2. The number of nitrogens with zero attached hydrogens (tertiary/aromatic N) is 3. The van der Waals surface area contributed by atoms with Crippen molar-refractivity contribution >= 4 is 27.9 Å². The quantitative estimate of drug-likeness (QED) is 0.609. The zero-order chi connectivity index (χ0) is 22.2. The predicted molar refractivity (Wildman–Crippen MR) is 120 cm³/mol. The van der Waals surface area contributed by atoms with Crippen LogP contribution in [-0.4, -0.2) is 34.4 Å². The highest BCUT2D eigenvalue weighted by molar-refractivity contribution is 7.16. The summed E-state index contributed by atoms with van der Waals surface area (Å²) in [5, 5.41) is 2.94. The highest BCUT2D eigenvalue weighted by Crippen LogP contribution is 2.44. The van der Waals surface area contributed by atoms with Gasteiger partial charge in [0.25, 0.3) is 5.91 Å². The lowest BCUT2D eigenvalue weighted by Crippen LogP contribution is -2.20. The minimum absolute atomic E-state index is 0.128. The zero-order valence-corrected chi connectivity index (χ0v) is 18.1. The maximum absolute atomic E-state index is 14.0. The molecule has 2 aromatic heterocycles. The van der Waals surface area contributed by atoms with Crippen LogP contribution >= 0.6 is 11.3 Å². The Hall–Kier alpha value is -3.23. The number of aromatic nitrogens is 2. The molecule has 3 heterocycles. The van der Waals surface area contributed by atoms with Crippen LogP contribution in [0.15, 0.2) is 60.5 Å². The van der Waals surface area contributed by atoms with E-state index in [9.17, 15) is 13.6 Å². The molecule has 0 fully saturated rings. The van der Waals surface area contributed by atoms with E-state index in [1.807, 2.05) is 25.4 Å². The van der Waals surface area contributed by atoms with Gasteiger partial charge in [0.2, 0.25) is 0 Å². The number of thiazole rings is 1. The minimum atomic E-state index is -0.899. The van der Waals surface area contributed by atoms with E-state index in [1.165, 1.54) is 28.5 Å². The number of rotatable bonds is 3. The number of benzene rings is 1. The second-order valence-corrected chi connectivity index (χ2v) is 9.02. The van der Waals surface area contributed by atoms with Crippen molar-refractivity contribution < 1.29 is 13.6 Å². The number of halogens is 2. The predicted octanol–water partition coefficient (Wildman–Crippen LogP) is 5.01. The second kappa shape index (κ2) is 8.37. The van der Waals surface area contributed by atoms with Crippen LogP contribution in [0.2, 0.25) is 0 Å². The molecule has 0 saturated heterocycles. The summed E-state index contributed by atoms with van der Waals surface area (Å²) in [5.74, 6) is -2.51. The molecule has 0 spiro atoms. The molecule has 1 N–H and O–H groups in total. The van der Waals surface area contributed by atoms with Crippen LogP contribution in [-0.2, 0) is 6.54 Å². The van der Waals surface area contributed by atoms with E-state index in [4.69, 9.17) is 0 Å². The molecule has 5 rings (SSSR count). The molecule has 162 valence electrons. The molecule has 32 heavy (non-hydrogen) atoms. The van der Waals surface area contributed by atoms with E-state index in [2.05, 4.69) is 32.3 Å². The minimum Gasteiger partial charge on any atom is -0.298 e. The summed E-state index contributed by atoms with van der Waals surface area (Å²) in [4.78, 5) is 24.6. The van der Waals surface area contributed by atoms with Gasteiger partial charge in [-0.25, -0.2) is 13.8 Å². The van der Waals surface area contributed by atoms with E-state index in [1.54, 1.807) is 6.20 Å². The zero-order valence-electron chi connectivity index (χ0n) is 17.3. The number of allylic oxidation sites excluding steroid dienone is 3. The molecular weight excluding hydrogens is 430 g/mol. The Kier molecular flexibility index (Phi) is 5.40. The van der Waals surface area contributed by atoms with Crippen molar-refractivity contribution in [3.05, 3.63) is 93.8 Å². The van der Waals surface area contributed by atoms with E-state index in [0.717, 1.165) is 41.2 Å². The molecule has 1 aromatic carbocycles. The van der Waals surface area contributed by atoms with Crippen molar-refractivity contribution in [3.8, 4) is 0 Å². The van der Waals surface area contributed by atoms with Gasteiger partial charge in [0.15, 0.2) is 5.13 Å². The summed E-state index contributed by atoms with van der Waals surface area (Å²) < 4.78 is 28.0. The number of carbonyl (C=O) groups is 1. The lowest BCUT2D eigenvalue weighted by molar-refractivity contribution is 0.101. The van der Waals surface area contributed by atoms with Gasteiger partial charge in [0.05, 0.1) is 5.69 Å². The number of anilines is 1. The molecule has 5 nitrogen and oxygen atoms in total. The Labute approximate surface area is 188 Å². The first-order valence-corrected chi connectivity index (χ1v) is 11.0. The molecule has 3 aromatic rings. The van der Waals surface area contributed by atoms with Gasteiger partial charge in [-0.3, -0.25) is 20.0 Å². The normalized spacial score (nSPS) is 18.2. The van der Waals surface area contributed by atoms with Crippen molar-refractivity contribution in [1.82, 2.24) is 14.9 Å². The number of pyridine rings is 1. The SMILES string of the molecule is CN1CC2=CC=C(c3cccnc3)CC2c2sc(NC(=O)c3c(F)cccc3F)nc2C1. The summed E-state index contributed by atoms with van der Waals surface area (Å²) in [6, 6.07) is 7.32. The van der Waals surface area contributed by atoms with Crippen LogP contribution in [0.1, 0.15) is 38.8 Å². The number of amides is 1. The highest BCUT2D eigenvalue weighted by Gasteiger charge is 2.31. The maximum Gasteiger partial charge on any atom is 0.263 e. The summed E-state index contributed by atoms with van der Waals surface area (Å²) in [7, 11) is 2.03. The lowest BCUT2D eigenvalue weighted by Gasteiger charge is -2.24. The van der Waals surface area contributed by atoms with Crippen LogP contribution in [0.25, 0.3) is 5.57 Å². The van der Waals surface area contributed by atoms with Crippen LogP contribution in [0.5, 0.6) is 0 Å². The van der Waals surface area contributed by atoms with Crippen molar-refractivity contribution in [3.63, 3.8) is 0 Å². The molecule has 1 amide bonds. The molecule has 0 saturated carbocycles. The Morgan fingerprint density at radius 3 is 2.72 bits per heavy atom. The summed E-state index contributed by atoms with van der Waals surface area (Å²) in [6.45, 7) is 1.46. The van der Waals surface area contributed by atoms with E-state index in [0.29, 0.717) is 11.7 Å². The number of likely N-dealkylation sites (N-methyl/N-ethyl adjacent to an activating group) is 1. The Morgan fingerprint density at radius 1 is 1.16 bits per heavy atom. The van der Waals surface area contributed by atoms with Crippen LogP contribution in [0, 0.1) is 11.6 Å². The molecule has 1 aliphatic carbocycles. The topological polar surface area (TPSA) is 58.1 Å². The number of hydrogen-bond donors (Lipinski definition) is 1. The second-order valence-electron chi connectivity index (χ2n) is 7.98. The number of nitrogens with one attached hydrogen (secondary N) is 1. The monoisotopic (exact) mass is 450 g/mol. The fourth-order valence-electron chi connectivity index (χ4n) is 4.23. The van der Waals surface area contributed by atoms with Gasteiger partial charge in [0, 0.05) is 36.3 Å². The van der Waals surface area contributed by atoms with Crippen molar-refractivity contribution in [2.24, 2.45) is 0 Å². The summed E-state index contributed by atoms with van der Waals surface area (Å²) >= 11 is 1.37. The summed E-state index contributed by atoms with van der Waals surface area (Å²) in [5.41, 5.74) is 3.82. The fourth-order valence-corrected chi connectivity index (χ4v) is 5.35. The van der Waals surface area contributed by atoms with E-state index < -0.39 is 23.1 Å². The van der Waals surface area contributed by atoms with Crippen LogP contribution < -0.4 is 5.32 Å². The molecule has 0 radical (unpaired) electrons. The first kappa shape index (κ1) is 20.7. The first-order chi connectivity index (χ1) is 15.5. The smallest absolute Gasteiger partial charge is 0.263 e. The van der Waals surface area contributed by atoms with Crippen LogP contribution in [0.4, 0.5) is 13.9 Å². The van der Waals surface area contributed by atoms with Crippen LogP contribution in [0.3, 0.4) is 0 Å². The third-order valence-corrected chi connectivity index (χ3v) is 6.86. The Morgan fingerprint density at radius 2 is 1.97 bits per heavy atom.